The van der Waals surface area contributed by atoms with Crippen molar-refractivity contribution in [1.82, 2.24) is 9.80 Å². The van der Waals surface area contributed by atoms with Crippen LogP contribution in [0.4, 0.5) is 5.69 Å². The van der Waals surface area contributed by atoms with Gasteiger partial charge in [-0.05, 0) is 85.4 Å². The molecule has 1 saturated carbocycles. The number of nitrogens with zero attached hydrogens (tertiary/aromatic N) is 3. The van der Waals surface area contributed by atoms with Crippen LogP contribution in [0.5, 0.6) is 5.75 Å². The molecule has 2 aromatic rings. The average Bonchev–Trinajstić information content (AvgIpc) is 3.24. The highest BCUT2D eigenvalue weighted by atomic mass is 35.5. The summed E-state index contributed by atoms with van der Waals surface area (Å²) < 4.78 is 25.1. The first-order chi connectivity index (χ1) is 23.6. The number of carbonyl (C=O) groups is 1. The minimum absolute atomic E-state index is 0.0185. The number of benzene rings is 2. The van der Waals surface area contributed by atoms with Crippen LogP contribution in [-0.4, -0.2) is 103 Å². The molecule has 5 unspecified atom stereocenters. The Morgan fingerprint density at radius 2 is 2.02 bits per heavy atom. The molecule has 270 valence electrons. The molecule has 0 spiro atoms. The zero-order valence-corrected chi connectivity index (χ0v) is 31.4. The molecule has 1 amide bonds. The Kier molecular flexibility index (Phi) is 14.2. The van der Waals surface area contributed by atoms with Crippen molar-refractivity contribution in [2.24, 2.45) is 11.8 Å². The van der Waals surface area contributed by atoms with Crippen LogP contribution in [0.2, 0.25) is 5.02 Å². The van der Waals surface area contributed by atoms with E-state index in [0.29, 0.717) is 31.6 Å². The number of aliphatic hydroxyl groups excluding tert-OH is 1. The van der Waals surface area contributed by atoms with Crippen molar-refractivity contribution < 1.29 is 23.9 Å². The summed E-state index contributed by atoms with van der Waals surface area (Å²) in [4.78, 5) is 18.4. The molecule has 3 aliphatic rings. The Bertz CT molecular complexity index is 1400. The quantitative estimate of drug-likeness (QED) is 0.173. The van der Waals surface area contributed by atoms with Gasteiger partial charge >= 0.3 is 0 Å². The number of fused-ring (bicyclic) bond motifs is 1. The summed E-state index contributed by atoms with van der Waals surface area (Å²) in [6.45, 7) is 11.8. The van der Waals surface area contributed by atoms with E-state index in [1.807, 2.05) is 32.2 Å². The van der Waals surface area contributed by atoms with E-state index >= 15 is 0 Å². The molecular formula is C39H56ClN3O5S. The molecule has 1 aliphatic carbocycles. The lowest BCUT2D eigenvalue weighted by molar-refractivity contribution is -0.127. The van der Waals surface area contributed by atoms with E-state index in [2.05, 4.69) is 47.1 Å². The summed E-state index contributed by atoms with van der Waals surface area (Å²) in [5.74, 6) is 3.38. The highest BCUT2D eigenvalue weighted by Crippen LogP contribution is 2.43. The second kappa shape index (κ2) is 18.3. The van der Waals surface area contributed by atoms with E-state index in [4.69, 9.17) is 21.1 Å². The second-order valence-electron chi connectivity index (χ2n) is 14.1. The van der Waals surface area contributed by atoms with Crippen molar-refractivity contribution in [3.63, 3.8) is 0 Å². The predicted molar refractivity (Wildman–Crippen MR) is 200 cm³/mol. The topological polar surface area (TPSA) is 88.5 Å². The number of halogens is 1. The van der Waals surface area contributed by atoms with Crippen molar-refractivity contribution >= 4 is 34.4 Å². The van der Waals surface area contributed by atoms with Gasteiger partial charge < -0.3 is 28.9 Å². The van der Waals surface area contributed by atoms with Gasteiger partial charge in [-0.25, -0.2) is 0 Å². The van der Waals surface area contributed by atoms with Crippen LogP contribution in [0.1, 0.15) is 75.2 Å². The van der Waals surface area contributed by atoms with Crippen LogP contribution in [0.15, 0.2) is 48.6 Å². The van der Waals surface area contributed by atoms with Gasteiger partial charge in [0.25, 0.3) is 0 Å². The van der Waals surface area contributed by atoms with Crippen LogP contribution >= 0.6 is 11.6 Å². The van der Waals surface area contributed by atoms with E-state index in [1.54, 1.807) is 11.8 Å². The molecule has 0 bridgehead atoms. The van der Waals surface area contributed by atoms with E-state index in [1.165, 1.54) is 11.1 Å². The molecule has 2 aromatic carbocycles. The highest BCUT2D eigenvalue weighted by molar-refractivity contribution is 7.91. The Labute approximate surface area is 301 Å². The van der Waals surface area contributed by atoms with Crippen molar-refractivity contribution in [3.05, 3.63) is 70.3 Å². The third-order valence-electron chi connectivity index (χ3n) is 10.6. The molecule has 5 rings (SSSR count). The smallest absolute Gasteiger partial charge is 0.219 e. The van der Waals surface area contributed by atoms with Gasteiger partial charge in [-0.15, -0.1) is 0 Å². The lowest BCUT2D eigenvalue weighted by atomic mass is 9.70. The molecule has 2 fully saturated rings. The Morgan fingerprint density at radius 3 is 2.71 bits per heavy atom. The summed E-state index contributed by atoms with van der Waals surface area (Å²) >= 11 is 5.77. The first-order valence-corrected chi connectivity index (χ1v) is 20.0. The van der Waals surface area contributed by atoms with E-state index in [9.17, 15) is 14.5 Å². The number of anilines is 1. The van der Waals surface area contributed by atoms with Gasteiger partial charge in [0.05, 0.1) is 31.1 Å². The lowest BCUT2D eigenvalue weighted by Crippen LogP contribution is -2.46. The molecule has 2 heterocycles. The fourth-order valence-corrected chi connectivity index (χ4v) is 8.64. The highest BCUT2D eigenvalue weighted by Gasteiger charge is 2.39. The number of hydrogen-bond donors (Lipinski definition) is 1. The summed E-state index contributed by atoms with van der Waals surface area (Å²) in [5.41, 5.74) is 4.51. The molecule has 1 saturated heterocycles. The number of aliphatic hydroxyl groups is 1. The lowest BCUT2D eigenvalue weighted by Gasteiger charge is -2.44. The van der Waals surface area contributed by atoms with Crippen LogP contribution in [0, 0.1) is 11.8 Å². The minimum atomic E-state index is -0.691. The van der Waals surface area contributed by atoms with Crippen LogP contribution < -0.4 is 9.64 Å². The van der Waals surface area contributed by atoms with Crippen molar-refractivity contribution in [3.8, 4) is 5.75 Å². The summed E-state index contributed by atoms with van der Waals surface area (Å²) in [5, 5.41) is 11.3. The molecule has 1 N–H and O–H groups in total. The first kappa shape index (κ1) is 38.0. The number of aryl methyl sites for hydroxylation is 1. The van der Waals surface area contributed by atoms with Gasteiger partial charge in [-0.1, -0.05) is 60.4 Å². The van der Waals surface area contributed by atoms with Gasteiger partial charge in [0.15, 0.2) is 0 Å². The number of rotatable bonds is 15. The zero-order valence-electron chi connectivity index (χ0n) is 29.8. The van der Waals surface area contributed by atoms with E-state index < -0.39 is 17.3 Å². The third kappa shape index (κ3) is 10.4. The van der Waals surface area contributed by atoms with Gasteiger partial charge in [0, 0.05) is 64.2 Å². The zero-order chi connectivity index (χ0) is 34.9. The number of carbonyl (C=O) groups excluding carboxylic acids is 1. The normalized spacial score (nSPS) is 23.0. The predicted octanol–water partition coefficient (Wildman–Crippen LogP) is 6.23. The SMILES string of the molecule is CCCc1cc(Cl)ccc1C1COc2ccc(C(C)O)cc2N(CC2CCC2C(/C=C/CCN(C)C(C)=O)OCCN2CC[S+]([O-])CC2)C1. The standard InChI is InChI=1S/C39H56ClN3O5S/c1-5-8-31-23-34(40)12-14-35(31)33-26-43(37-24-30(28(2)44)11-15-39(37)48-27-33)25-32-10-13-36(32)38(9-6-7-16-41(4)29(3)45)47-20-17-42-18-21-49(46)22-19-42/h6,9,11-12,14-15,23-24,28,32-33,36,38,44H,5,7-8,10,13,16-22,25-27H2,1-4H3/b9-6+. The van der Waals surface area contributed by atoms with Crippen molar-refractivity contribution in [2.45, 2.75) is 71.0 Å². The van der Waals surface area contributed by atoms with E-state index in [0.717, 1.165) is 98.4 Å². The summed E-state index contributed by atoms with van der Waals surface area (Å²) in [6, 6.07) is 12.4. The van der Waals surface area contributed by atoms with Crippen molar-refractivity contribution in [1.29, 1.82) is 0 Å². The number of amides is 1. The van der Waals surface area contributed by atoms with Crippen LogP contribution in [0.3, 0.4) is 0 Å². The Hall–Kier alpha value is -2.27. The van der Waals surface area contributed by atoms with Crippen LogP contribution in [0.25, 0.3) is 0 Å². The van der Waals surface area contributed by atoms with E-state index in [-0.39, 0.29) is 17.9 Å². The monoisotopic (exact) mass is 713 g/mol. The molecule has 10 heteroatoms. The molecule has 8 nitrogen and oxygen atoms in total. The van der Waals surface area contributed by atoms with Gasteiger partial charge in [-0.3, -0.25) is 9.69 Å². The fraction of sp³-hybridized carbons (Fsp3) is 0.615. The number of ether oxygens (including phenoxy) is 2. The Morgan fingerprint density at radius 1 is 1.22 bits per heavy atom. The maximum Gasteiger partial charge on any atom is 0.219 e. The Balaban J connectivity index is 1.35. The van der Waals surface area contributed by atoms with Gasteiger partial charge in [0.2, 0.25) is 5.91 Å². The largest absolute Gasteiger partial charge is 0.616 e. The average molecular weight is 714 g/mol. The summed E-state index contributed by atoms with van der Waals surface area (Å²) in [7, 11) is 1.84. The fourth-order valence-electron chi connectivity index (χ4n) is 7.32. The van der Waals surface area contributed by atoms with Crippen LogP contribution in [-0.2, 0) is 27.1 Å². The summed E-state index contributed by atoms with van der Waals surface area (Å²) in [6.07, 6.45) is 8.85. The molecule has 5 atom stereocenters. The first-order valence-electron chi connectivity index (χ1n) is 18.2. The van der Waals surface area contributed by atoms with Gasteiger partial charge in [-0.2, -0.15) is 0 Å². The molecule has 0 aromatic heterocycles. The van der Waals surface area contributed by atoms with Gasteiger partial charge in [0.1, 0.15) is 17.3 Å². The number of hydrogen-bond acceptors (Lipinski definition) is 7. The third-order valence-corrected chi connectivity index (χ3v) is 12.1. The molecular weight excluding hydrogens is 658 g/mol. The second-order valence-corrected chi connectivity index (χ2v) is 16.2. The molecule has 2 aliphatic heterocycles. The maximum absolute atomic E-state index is 11.9. The molecule has 0 radical (unpaired) electrons. The minimum Gasteiger partial charge on any atom is -0.616 e. The maximum atomic E-state index is 11.9. The molecule has 49 heavy (non-hydrogen) atoms. The van der Waals surface area contributed by atoms with Crippen molar-refractivity contribution in [2.75, 3.05) is 75.9 Å².